The van der Waals surface area contributed by atoms with Crippen LogP contribution >= 0.6 is 0 Å². The molecular weight excluding hydrogens is 463 g/mol. The quantitative estimate of drug-likeness (QED) is 0.443. The number of hydrogen-bond donors (Lipinski definition) is 2. The number of benzene rings is 1. The fraction of sp³-hybridized carbons (Fsp3) is 0.448. The third-order valence-electron chi connectivity index (χ3n) is 7.91. The Bertz CT molecular complexity index is 1230. The van der Waals surface area contributed by atoms with E-state index < -0.39 is 28.6 Å². The molecule has 36 heavy (non-hydrogen) atoms. The number of rotatable bonds is 6. The van der Waals surface area contributed by atoms with E-state index in [2.05, 4.69) is 23.0 Å². The maximum absolute atomic E-state index is 15.0. The largest absolute Gasteiger partial charge is 0.385 e. The minimum absolute atomic E-state index is 0.183. The summed E-state index contributed by atoms with van der Waals surface area (Å²) < 4.78 is 44.7. The van der Waals surface area contributed by atoms with Gasteiger partial charge >= 0.3 is 0 Å². The first-order valence-corrected chi connectivity index (χ1v) is 12.8. The molecule has 1 aromatic carbocycles. The van der Waals surface area contributed by atoms with Crippen molar-refractivity contribution < 1.29 is 18.3 Å². The highest BCUT2D eigenvalue weighted by molar-refractivity contribution is 5.62. The van der Waals surface area contributed by atoms with Crippen LogP contribution in [0.15, 0.2) is 42.7 Å². The Morgan fingerprint density at radius 1 is 1.00 bits per heavy atom. The standard InChI is InChI=1S/C29H32F3N3O/c1-17-11-19(13-21(33)12-17)23-7-10-34-16-18(23)3-4-22-5-6-24(30)28(35-22)27-25(31)14-20(15-26(27)32)29(36)8-2-9-29/h5-7,10,14-17,19,21,36H,2-4,8-9,11-13,33H2,1H3/t17-,19+,21-/m0/s1. The number of nitrogens with two attached hydrogens (primary N) is 1. The topological polar surface area (TPSA) is 72.0 Å². The highest BCUT2D eigenvalue weighted by atomic mass is 19.1. The van der Waals surface area contributed by atoms with Crippen molar-refractivity contribution in [2.75, 3.05) is 0 Å². The van der Waals surface area contributed by atoms with Gasteiger partial charge in [-0.15, -0.1) is 0 Å². The van der Waals surface area contributed by atoms with E-state index in [1.54, 1.807) is 12.3 Å². The third-order valence-corrected chi connectivity index (χ3v) is 7.91. The summed E-state index contributed by atoms with van der Waals surface area (Å²) in [6.07, 6.45) is 9.50. The molecule has 3 atom stereocenters. The number of aromatic nitrogens is 2. The highest BCUT2D eigenvalue weighted by Crippen LogP contribution is 2.43. The monoisotopic (exact) mass is 495 g/mol. The normalized spacial score (nSPS) is 23.3. The van der Waals surface area contributed by atoms with Crippen LogP contribution < -0.4 is 5.73 Å². The van der Waals surface area contributed by atoms with E-state index in [1.807, 2.05) is 6.20 Å². The van der Waals surface area contributed by atoms with Crippen molar-refractivity contribution in [1.29, 1.82) is 0 Å². The molecule has 3 N–H and O–H groups in total. The number of aliphatic hydroxyl groups is 1. The zero-order valence-electron chi connectivity index (χ0n) is 20.5. The summed E-state index contributed by atoms with van der Waals surface area (Å²) in [6.45, 7) is 2.23. The lowest BCUT2D eigenvalue weighted by molar-refractivity contribution is -0.0392. The Labute approximate surface area is 209 Å². The first-order chi connectivity index (χ1) is 17.2. The van der Waals surface area contributed by atoms with Crippen LogP contribution in [0.25, 0.3) is 11.3 Å². The molecular formula is C29H32F3N3O. The number of nitrogens with zero attached hydrogens (tertiary/aromatic N) is 2. The van der Waals surface area contributed by atoms with Crippen LogP contribution in [0.4, 0.5) is 13.2 Å². The average Bonchev–Trinajstić information content (AvgIpc) is 2.82. The van der Waals surface area contributed by atoms with Crippen LogP contribution in [0.3, 0.4) is 0 Å². The van der Waals surface area contributed by atoms with Crippen molar-refractivity contribution in [3.05, 3.63) is 82.6 Å². The zero-order valence-corrected chi connectivity index (χ0v) is 20.5. The van der Waals surface area contributed by atoms with Gasteiger partial charge in [-0.1, -0.05) is 6.92 Å². The summed E-state index contributed by atoms with van der Waals surface area (Å²) in [5, 5.41) is 10.5. The van der Waals surface area contributed by atoms with Gasteiger partial charge in [-0.25, -0.2) is 18.2 Å². The molecule has 3 aromatic rings. The first kappa shape index (κ1) is 24.9. The fourth-order valence-electron chi connectivity index (χ4n) is 5.88. The lowest BCUT2D eigenvalue weighted by Gasteiger charge is -2.37. The molecule has 2 aromatic heterocycles. The van der Waals surface area contributed by atoms with E-state index in [0.29, 0.717) is 43.2 Å². The molecule has 2 fully saturated rings. The van der Waals surface area contributed by atoms with E-state index >= 15 is 0 Å². The number of pyridine rings is 2. The van der Waals surface area contributed by atoms with E-state index in [1.165, 1.54) is 11.6 Å². The van der Waals surface area contributed by atoms with Crippen LogP contribution in [0.5, 0.6) is 0 Å². The molecule has 0 saturated heterocycles. The molecule has 4 nitrogen and oxygen atoms in total. The van der Waals surface area contributed by atoms with Crippen molar-refractivity contribution in [1.82, 2.24) is 9.97 Å². The number of aryl methyl sites for hydroxylation is 2. The summed E-state index contributed by atoms with van der Waals surface area (Å²) in [7, 11) is 0. The molecule has 2 saturated carbocycles. The van der Waals surface area contributed by atoms with Gasteiger partial charge < -0.3 is 10.8 Å². The summed E-state index contributed by atoms with van der Waals surface area (Å²) in [6, 6.07) is 7.19. The molecule has 0 bridgehead atoms. The molecule has 0 aliphatic heterocycles. The SMILES string of the molecule is C[C@@H]1C[C@H](N)C[C@H](c2ccncc2CCc2ccc(F)c(-c3c(F)cc(C4(O)CCC4)cc3F)n2)C1. The van der Waals surface area contributed by atoms with E-state index in [9.17, 15) is 18.3 Å². The Morgan fingerprint density at radius 3 is 2.42 bits per heavy atom. The van der Waals surface area contributed by atoms with Gasteiger partial charge in [0, 0.05) is 24.1 Å². The Morgan fingerprint density at radius 2 is 1.75 bits per heavy atom. The van der Waals surface area contributed by atoms with Gasteiger partial charge in [-0.2, -0.15) is 0 Å². The summed E-state index contributed by atoms with van der Waals surface area (Å²) in [4.78, 5) is 8.62. The van der Waals surface area contributed by atoms with Crippen LogP contribution in [-0.4, -0.2) is 21.1 Å². The minimum Gasteiger partial charge on any atom is -0.385 e. The highest BCUT2D eigenvalue weighted by Gasteiger charge is 2.37. The molecule has 2 aliphatic carbocycles. The van der Waals surface area contributed by atoms with Gasteiger partial charge in [0.25, 0.3) is 0 Å². The predicted octanol–water partition coefficient (Wildman–Crippen LogP) is 5.95. The second-order valence-corrected chi connectivity index (χ2v) is 10.7. The fourth-order valence-corrected chi connectivity index (χ4v) is 5.88. The average molecular weight is 496 g/mol. The molecule has 0 amide bonds. The van der Waals surface area contributed by atoms with Gasteiger partial charge in [0.2, 0.25) is 0 Å². The van der Waals surface area contributed by atoms with Crippen molar-refractivity contribution in [2.24, 2.45) is 11.7 Å². The Kier molecular flexibility index (Phi) is 6.88. The lowest BCUT2D eigenvalue weighted by atomic mass is 9.75. The summed E-state index contributed by atoms with van der Waals surface area (Å²) in [5.41, 5.74) is 7.26. The van der Waals surface area contributed by atoms with Crippen LogP contribution in [0.2, 0.25) is 0 Å². The molecule has 0 spiro atoms. The second-order valence-electron chi connectivity index (χ2n) is 10.7. The molecule has 5 rings (SSSR count). The maximum Gasteiger partial charge on any atom is 0.149 e. The van der Waals surface area contributed by atoms with Crippen LogP contribution in [-0.2, 0) is 18.4 Å². The second kappa shape index (κ2) is 9.94. The van der Waals surface area contributed by atoms with Crippen molar-refractivity contribution in [3.8, 4) is 11.3 Å². The summed E-state index contributed by atoms with van der Waals surface area (Å²) >= 11 is 0. The number of halogens is 3. The van der Waals surface area contributed by atoms with Gasteiger partial charge in [0.15, 0.2) is 0 Å². The van der Waals surface area contributed by atoms with Crippen molar-refractivity contribution in [3.63, 3.8) is 0 Å². The van der Waals surface area contributed by atoms with Gasteiger partial charge in [-0.3, -0.25) is 4.98 Å². The van der Waals surface area contributed by atoms with E-state index in [0.717, 1.165) is 43.4 Å². The zero-order chi connectivity index (χ0) is 25.4. The van der Waals surface area contributed by atoms with Gasteiger partial charge in [0.05, 0.1) is 11.2 Å². The lowest BCUT2D eigenvalue weighted by Crippen LogP contribution is -2.33. The van der Waals surface area contributed by atoms with E-state index in [4.69, 9.17) is 5.73 Å². The first-order valence-electron chi connectivity index (χ1n) is 12.8. The minimum atomic E-state index is -1.21. The Hall–Kier alpha value is -2.77. The van der Waals surface area contributed by atoms with Crippen LogP contribution in [0.1, 0.15) is 73.8 Å². The number of hydrogen-bond acceptors (Lipinski definition) is 4. The maximum atomic E-state index is 15.0. The molecule has 0 radical (unpaired) electrons. The third kappa shape index (κ3) is 4.91. The molecule has 2 heterocycles. The molecule has 0 unspecified atom stereocenters. The molecule has 2 aliphatic rings. The van der Waals surface area contributed by atoms with Crippen molar-refractivity contribution >= 4 is 0 Å². The van der Waals surface area contributed by atoms with Gasteiger partial charge in [0.1, 0.15) is 23.1 Å². The van der Waals surface area contributed by atoms with Crippen molar-refractivity contribution in [2.45, 2.75) is 75.9 Å². The van der Waals surface area contributed by atoms with Crippen LogP contribution in [0, 0.1) is 23.4 Å². The molecule has 190 valence electrons. The van der Waals surface area contributed by atoms with Gasteiger partial charge in [-0.05, 0) is 110 Å². The predicted molar refractivity (Wildman–Crippen MR) is 133 cm³/mol. The Balaban J connectivity index is 1.39. The molecule has 7 heteroatoms. The van der Waals surface area contributed by atoms with E-state index in [-0.39, 0.29) is 17.3 Å². The smallest absolute Gasteiger partial charge is 0.149 e. The summed E-state index contributed by atoms with van der Waals surface area (Å²) in [5.74, 6) is -1.72.